The maximum absolute atomic E-state index is 14.2. The van der Waals surface area contributed by atoms with Crippen LogP contribution in [0.5, 0.6) is 0 Å². The van der Waals surface area contributed by atoms with Crippen molar-refractivity contribution in [3.63, 3.8) is 0 Å². The van der Waals surface area contributed by atoms with Crippen LogP contribution in [0.15, 0.2) is 48.5 Å². The van der Waals surface area contributed by atoms with Crippen molar-refractivity contribution in [2.24, 2.45) is 0 Å². The van der Waals surface area contributed by atoms with Crippen LogP contribution in [-0.4, -0.2) is 63.4 Å². The Morgan fingerprint density at radius 1 is 0.611 bits per heavy atom. The molecule has 0 aliphatic rings. The molecule has 4 aromatic rings. The lowest BCUT2D eigenvalue weighted by Gasteiger charge is -2.34. The summed E-state index contributed by atoms with van der Waals surface area (Å²) in [4.78, 5) is 18.5. The monoisotopic (exact) mass is 808 g/mol. The van der Waals surface area contributed by atoms with E-state index in [9.17, 15) is 30.2 Å². The predicted octanol–water partition coefficient (Wildman–Crippen LogP) is 7.51. The molecule has 2 aromatic carbocycles. The summed E-state index contributed by atoms with van der Waals surface area (Å²) >= 11 is 0. The Balaban J connectivity index is 1.88. The van der Waals surface area contributed by atoms with Gasteiger partial charge in [0.1, 0.15) is 22.8 Å². The second-order valence-electron chi connectivity index (χ2n) is 14.5. The van der Waals surface area contributed by atoms with Crippen molar-refractivity contribution in [2.45, 2.75) is 78.4 Å². The molecule has 2 heterocycles. The molecule has 4 rings (SSSR count). The first-order valence-electron chi connectivity index (χ1n) is 16.9. The summed E-state index contributed by atoms with van der Waals surface area (Å²) < 4.78 is 107. The molecule has 18 heteroatoms. The molecule has 0 aliphatic carbocycles. The Morgan fingerprint density at radius 2 is 0.907 bits per heavy atom. The van der Waals surface area contributed by atoms with Crippen LogP contribution in [0.2, 0.25) is 0 Å². The Kier molecular flexibility index (Phi) is 12.5. The minimum atomic E-state index is -3.78. The van der Waals surface area contributed by atoms with E-state index in [0.717, 1.165) is 21.1 Å². The van der Waals surface area contributed by atoms with Crippen LogP contribution in [0.25, 0.3) is 22.5 Å². The van der Waals surface area contributed by atoms with E-state index in [-0.39, 0.29) is 35.1 Å². The van der Waals surface area contributed by atoms with Gasteiger partial charge in [-0.05, 0) is 88.1 Å². The van der Waals surface area contributed by atoms with Gasteiger partial charge in [-0.2, -0.15) is 0 Å². The summed E-state index contributed by atoms with van der Waals surface area (Å²) in [5.74, 6) is -1.87. The van der Waals surface area contributed by atoms with Crippen molar-refractivity contribution in [3.05, 3.63) is 82.7 Å². The van der Waals surface area contributed by atoms with Crippen LogP contribution in [0, 0.1) is 11.6 Å². The van der Waals surface area contributed by atoms with Gasteiger partial charge in [-0.25, -0.2) is 54.2 Å². The molecule has 294 valence electrons. The number of rotatable bonds is 14. The van der Waals surface area contributed by atoms with Crippen molar-refractivity contribution in [3.8, 4) is 22.5 Å². The molecule has 0 spiro atoms. The minimum Gasteiger partial charge on any atom is -0.300 e. The van der Waals surface area contributed by atoms with Gasteiger partial charge in [-0.3, -0.25) is 13.6 Å². The summed E-state index contributed by atoms with van der Waals surface area (Å²) in [6.07, 6.45) is 2.04. The summed E-state index contributed by atoms with van der Waals surface area (Å²) in [5, 5.41) is 0. The molecule has 0 fully saturated rings. The third kappa shape index (κ3) is 9.48. The van der Waals surface area contributed by atoms with Crippen LogP contribution in [-0.2, 0) is 44.9 Å². The number of halogens is 2. The fraction of sp³-hybridized carbons (Fsp3) is 0.444. The molecule has 0 N–H and O–H groups in total. The normalized spacial score (nSPS) is 12.9. The lowest BCUT2D eigenvalue weighted by atomic mass is 9.88. The zero-order valence-electron chi connectivity index (χ0n) is 32.4. The second kappa shape index (κ2) is 15.7. The number of aromatic nitrogens is 4. The molecular formula is C36H47F2N6O7PS2. The van der Waals surface area contributed by atoms with Gasteiger partial charge in [0.25, 0.3) is 0 Å². The zero-order chi connectivity index (χ0) is 40.7. The molecular weight excluding hydrogens is 762 g/mol. The Morgan fingerprint density at radius 3 is 1.17 bits per heavy atom. The molecule has 0 aliphatic heterocycles. The highest BCUT2D eigenvalue weighted by Gasteiger charge is 2.39. The van der Waals surface area contributed by atoms with Gasteiger partial charge >= 0.3 is 8.25 Å². The van der Waals surface area contributed by atoms with Crippen molar-refractivity contribution in [2.75, 3.05) is 35.2 Å². The van der Waals surface area contributed by atoms with E-state index in [2.05, 4.69) is 19.9 Å². The molecule has 13 nitrogen and oxygen atoms in total. The third-order valence-corrected chi connectivity index (χ3v) is 12.3. The topological polar surface area (TPSA) is 162 Å². The summed E-state index contributed by atoms with van der Waals surface area (Å²) in [5.41, 5.74) is -0.0236. The standard InChI is InChI=1S/C36H47F2N6O7PS2/c1-21(2)29-27(31(23-13-17-25(37)18-14-23)41-33(39-29)43(9)53(11,46)47)35(5,6)50-52(45)51-36(7,8)28-30(22(3)4)40-34(44(10)54(12,48)49)42-32(28)24-15-19-26(38)20-16-24/h13-22,52H,1-12H3. The lowest BCUT2D eigenvalue weighted by Crippen LogP contribution is -2.31. The lowest BCUT2D eigenvalue weighted by molar-refractivity contribution is 0.0410. The largest absolute Gasteiger partial charge is 0.320 e. The maximum atomic E-state index is 14.2. The molecule has 0 unspecified atom stereocenters. The van der Waals surface area contributed by atoms with Gasteiger partial charge in [0.2, 0.25) is 31.9 Å². The smallest absolute Gasteiger partial charge is 0.300 e. The minimum absolute atomic E-state index is 0.121. The number of hydrogen-bond donors (Lipinski definition) is 0. The first-order valence-corrected chi connectivity index (χ1v) is 21.8. The Labute approximate surface area is 317 Å². The van der Waals surface area contributed by atoms with E-state index in [1.165, 1.54) is 62.6 Å². The average Bonchev–Trinajstić information content (AvgIpc) is 3.05. The second-order valence-corrected chi connectivity index (χ2v) is 19.5. The highest BCUT2D eigenvalue weighted by atomic mass is 32.2. The van der Waals surface area contributed by atoms with Crippen molar-refractivity contribution >= 4 is 40.2 Å². The number of anilines is 2. The number of nitrogens with zero attached hydrogens (tertiary/aromatic N) is 6. The predicted molar refractivity (Wildman–Crippen MR) is 207 cm³/mol. The molecule has 0 radical (unpaired) electrons. The van der Waals surface area contributed by atoms with E-state index < -0.39 is 51.1 Å². The third-order valence-electron chi connectivity index (χ3n) is 8.62. The van der Waals surface area contributed by atoms with Crippen LogP contribution < -0.4 is 8.61 Å². The SMILES string of the molecule is CC(C)c1nc(N(C)S(C)(=O)=O)nc(-c2ccc(F)cc2)c1C(C)(C)O[PH](=O)OC(C)(C)c1c(-c2ccc(F)cc2)nc(N(C)S(C)(=O)=O)nc1C(C)C. The summed E-state index contributed by atoms with van der Waals surface area (Å²) in [6.45, 7) is 14.0. The van der Waals surface area contributed by atoms with Gasteiger partial charge in [-0.1, -0.05) is 27.7 Å². The van der Waals surface area contributed by atoms with Gasteiger partial charge in [0, 0.05) is 36.3 Å². The zero-order valence-corrected chi connectivity index (χ0v) is 35.0. The summed E-state index contributed by atoms with van der Waals surface area (Å²) in [7, 11) is -8.40. The molecule has 0 amide bonds. The van der Waals surface area contributed by atoms with Crippen LogP contribution in [0.4, 0.5) is 20.7 Å². The first kappa shape index (κ1) is 42.8. The van der Waals surface area contributed by atoms with Crippen LogP contribution in [0.3, 0.4) is 0 Å². The molecule has 0 bridgehead atoms. The van der Waals surface area contributed by atoms with Crippen LogP contribution in [0.1, 0.15) is 89.7 Å². The van der Waals surface area contributed by atoms with E-state index in [4.69, 9.17) is 9.05 Å². The van der Waals surface area contributed by atoms with Crippen molar-refractivity contribution < 1.29 is 39.2 Å². The van der Waals surface area contributed by atoms with Gasteiger partial charge in [0.15, 0.2) is 0 Å². The van der Waals surface area contributed by atoms with Gasteiger partial charge < -0.3 is 0 Å². The van der Waals surface area contributed by atoms with E-state index in [0.29, 0.717) is 33.6 Å². The fourth-order valence-corrected chi connectivity index (χ4v) is 7.54. The van der Waals surface area contributed by atoms with E-state index in [1.54, 1.807) is 27.7 Å². The van der Waals surface area contributed by atoms with Crippen molar-refractivity contribution in [1.29, 1.82) is 0 Å². The maximum Gasteiger partial charge on any atom is 0.320 e. The molecule has 2 aromatic heterocycles. The first-order chi connectivity index (χ1) is 24.7. The number of hydrogen-bond acceptors (Lipinski definition) is 11. The van der Waals surface area contributed by atoms with E-state index in [1.807, 2.05) is 27.7 Å². The van der Waals surface area contributed by atoms with Gasteiger partial charge in [-0.15, -0.1) is 0 Å². The molecule has 0 atom stereocenters. The van der Waals surface area contributed by atoms with E-state index >= 15 is 0 Å². The quantitative estimate of drug-likeness (QED) is 0.116. The average molecular weight is 809 g/mol. The van der Waals surface area contributed by atoms with Crippen molar-refractivity contribution in [1.82, 2.24) is 19.9 Å². The molecule has 0 saturated heterocycles. The van der Waals surface area contributed by atoms with Gasteiger partial charge in [0.05, 0.1) is 35.3 Å². The molecule has 0 saturated carbocycles. The fourth-order valence-electron chi connectivity index (χ4n) is 5.71. The highest BCUT2D eigenvalue weighted by Crippen LogP contribution is 2.49. The Bertz CT molecular complexity index is 2110. The summed E-state index contributed by atoms with van der Waals surface area (Å²) in [6, 6.07) is 10.9. The molecule has 54 heavy (non-hydrogen) atoms. The highest BCUT2D eigenvalue weighted by molar-refractivity contribution is 7.92. The number of benzene rings is 2. The Hall–Kier alpha value is -3.89. The van der Waals surface area contributed by atoms with Crippen LogP contribution >= 0.6 is 8.25 Å². The number of sulfonamides is 2.